The van der Waals surface area contributed by atoms with Gasteiger partial charge in [0.1, 0.15) is 5.82 Å². The van der Waals surface area contributed by atoms with Crippen LogP contribution in [0.5, 0.6) is 0 Å². The first kappa shape index (κ1) is 22.0. The van der Waals surface area contributed by atoms with Crippen LogP contribution in [0.15, 0.2) is 42.6 Å². The Labute approximate surface area is 187 Å². The van der Waals surface area contributed by atoms with Gasteiger partial charge in [-0.15, -0.1) is 0 Å². The molecular formula is C24H29N5O3. The van der Waals surface area contributed by atoms with E-state index in [1.807, 2.05) is 31.2 Å². The highest BCUT2D eigenvalue weighted by molar-refractivity contribution is 5.96. The van der Waals surface area contributed by atoms with Crippen LogP contribution in [-0.4, -0.2) is 42.3 Å². The minimum atomic E-state index is -0.427. The van der Waals surface area contributed by atoms with Crippen molar-refractivity contribution >= 4 is 29.2 Å². The van der Waals surface area contributed by atoms with Crippen molar-refractivity contribution in [2.45, 2.75) is 32.6 Å². The first-order valence-corrected chi connectivity index (χ1v) is 11.1. The van der Waals surface area contributed by atoms with Crippen LogP contribution < -0.4 is 21.3 Å². The Morgan fingerprint density at radius 2 is 1.84 bits per heavy atom. The Morgan fingerprint density at radius 1 is 1.06 bits per heavy atom. The van der Waals surface area contributed by atoms with Crippen molar-refractivity contribution in [1.29, 1.82) is 0 Å². The second kappa shape index (κ2) is 9.48. The largest absolute Gasteiger partial charge is 0.347 e. The molecule has 3 amide bonds. The van der Waals surface area contributed by atoms with Crippen LogP contribution in [0.3, 0.4) is 0 Å². The minimum absolute atomic E-state index is 0.0559. The van der Waals surface area contributed by atoms with Crippen LogP contribution >= 0.6 is 0 Å². The van der Waals surface area contributed by atoms with Gasteiger partial charge in [-0.1, -0.05) is 19.1 Å². The van der Waals surface area contributed by atoms with Gasteiger partial charge in [-0.2, -0.15) is 0 Å². The maximum Gasteiger partial charge on any atom is 0.243 e. The molecule has 32 heavy (non-hydrogen) atoms. The van der Waals surface area contributed by atoms with Crippen molar-refractivity contribution in [3.05, 3.63) is 53.7 Å². The molecule has 2 aliphatic rings. The Hall–Kier alpha value is -3.26. The summed E-state index contributed by atoms with van der Waals surface area (Å²) in [5.41, 5.74) is 2.40. The van der Waals surface area contributed by atoms with Gasteiger partial charge in [-0.3, -0.25) is 14.4 Å². The van der Waals surface area contributed by atoms with Crippen molar-refractivity contribution in [2.75, 3.05) is 30.3 Å². The number of hydrogen-bond donors (Lipinski definition) is 4. The normalized spacial score (nSPS) is 19.0. The second-order valence-electron chi connectivity index (χ2n) is 8.83. The van der Waals surface area contributed by atoms with Gasteiger partial charge >= 0.3 is 0 Å². The summed E-state index contributed by atoms with van der Waals surface area (Å²) in [5, 5.41) is 11.7. The van der Waals surface area contributed by atoms with E-state index in [4.69, 9.17) is 0 Å². The van der Waals surface area contributed by atoms with Gasteiger partial charge in [0.15, 0.2) is 0 Å². The lowest BCUT2D eigenvalue weighted by Crippen LogP contribution is -2.47. The van der Waals surface area contributed by atoms with Gasteiger partial charge in [0.05, 0.1) is 6.54 Å². The molecule has 0 bridgehead atoms. The predicted octanol–water partition coefficient (Wildman–Crippen LogP) is 1.88. The first-order valence-electron chi connectivity index (χ1n) is 11.1. The standard InChI is InChI=1S/C24H29N5O3/c1-24(7-10-25-11-8-24)23(32)27-15-21(30)28-19-6-5-16-12-18(13-17(16)14-19)22(31)29-20-4-2-3-9-26-20/h2-6,9,14,18,25H,7-8,10-13,15H2,1H3,(H,27,32)(H,28,30)(H,26,29,31)/t18-/m1/s1. The molecule has 0 spiro atoms. The van der Waals surface area contributed by atoms with E-state index in [0.717, 1.165) is 37.1 Å². The molecule has 0 radical (unpaired) electrons. The van der Waals surface area contributed by atoms with Gasteiger partial charge in [0.25, 0.3) is 0 Å². The molecule has 8 nitrogen and oxygen atoms in total. The number of fused-ring (bicyclic) bond motifs is 1. The van der Waals surface area contributed by atoms with Crippen molar-refractivity contribution in [2.24, 2.45) is 11.3 Å². The molecule has 0 saturated carbocycles. The van der Waals surface area contributed by atoms with Crippen LogP contribution in [0.1, 0.15) is 30.9 Å². The molecule has 4 N–H and O–H groups in total. The molecule has 1 fully saturated rings. The van der Waals surface area contributed by atoms with E-state index in [1.54, 1.807) is 18.3 Å². The summed E-state index contributed by atoms with van der Waals surface area (Å²) in [6, 6.07) is 11.1. The molecule has 1 aliphatic carbocycles. The zero-order chi connectivity index (χ0) is 22.6. The Balaban J connectivity index is 1.29. The molecule has 1 aliphatic heterocycles. The van der Waals surface area contributed by atoms with Crippen LogP contribution in [0.4, 0.5) is 11.5 Å². The van der Waals surface area contributed by atoms with E-state index in [1.165, 1.54) is 0 Å². The Bertz CT molecular complexity index is 1000. The molecule has 8 heteroatoms. The smallest absolute Gasteiger partial charge is 0.243 e. The number of benzene rings is 1. The molecule has 1 aromatic carbocycles. The van der Waals surface area contributed by atoms with E-state index in [2.05, 4.69) is 26.3 Å². The first-order chi connectivity index (χ1) is 15.4. The molecule has 2 aromatic rings. The average Bonchev–Trinajstić information content (AvgIpc) is 3.22. The highest BCUT2D eigenvalue weighted by Crippen LogP contribution is 2.30. The number of piperidine rings is 1. The van der Waals surface area contributed by atoms with Crippen molar-refractivity contribution < 1.29 is 14.4 Å². The fourth-order valence-electron chi connectivity index (χ4n) is 4.33. The molecule has 1 aromatic heterocycles. The number of carbonyl (C=O) groups is 3. The molecule has 4 rings (SSSR count). The third-order valence-corrected chi connectivity index (χ3v) is 6.37. The van der Waals surface area contributed by atoms with Gasteiger partial charge < -0.3 is 21.3 Å². The van der Waals surface area contributed by atoms with Crippen molar-refractivity contribution in [1.82, 2.24) is 15.6 Å². The minimum Gasteiger partial charge on any atom is -0.347 e. The van der Waals surface area contributed by atoms with E-state index >= 15 is 0 Å². The Morgan fingerprint density at radius 3 is 2.59 bits per heavy atom. The van der Waals surface area contributed by atoms with Gasteiger partial charge in [0, 0.05) is 23.2 Å². The predicted molar refractivity (Wildman–Crippen MR) is 122 cm³/mol. The number of nitrogens with one attached hydrogen (secondary N) is 4. The third kappa shape index (κ3) is 5.13. The molecule has 0 unspecified atom stereocenters. The van der Waals surface area contributed by atoms with E-state index in [0.29, 0.717) is 24.3 Å². The lowest BCUT2D eigenvalue weighted by molar-refractivity contribution is -0.133. The quantitative estimate of drug-likeness (QED) is 0.554. The number of anilines is 2. The average molecular weight is 436 g/mol. The molecule has 1 atom stereocenters. The fraction of sp³-hybridized carbons (Fsp3) is 0.417. The number of pyridine rings is 1. The summed E-state index contributed by atoms with van der Waals surface area (Å²) < 4.78 is 0. The van der Waals surface area contributed by atoms with Crippen LogP contribution in [0, 0.1) is 11.3 Å². The molecule has 1 saturated heterocycles. The van der Waals surface area contributed by atoms with Crippen LogP contribution in [-0.2, 0) is 27.2 Å². The Kier molecular flexibility index (Phi) is 6.50. The summed E-state index contributed by atoms with van der Waals surface area (Å²) in [7, 11) is 0. The number of hydrogen-bond acceptors (Lipinski definition) is 5. The lowest BCUT2D eigenvalue weighted by atomic mass is 9.80. The number of amides is 3. The van der Waals surface area contributed by atoms with Crippen molar-refractivity contribution in [3.63, 3.8) is 0 Å². The molecule has 168 valence electrons. The van der Waals surface area contributed by atoms with Gasteiger partial charge in [-0.25, -0.2) is 4.98 Å². The third-order valence-electron chi connectivity index (χ3n) is 6.37. The fourth-order valence-corrected chi connectivity index (χ4v) is 4.33. The number of aromatic nitrogens is 1. The topological polar surface area (TPSA) is 112 Å². The monoisotopic (exact) mass is 435 g/mol. The van der Waals surface area contributed by atoms with Crippen LogP contribution in [0.25, 0.3) is 0 Å². The summed E-state index contributed by atoms with van der Waals surface area (Å²) in [5.74, 6) is -0.0208. The van der Waals surface area contributed by atoms with Gasteiger partial charge in [0.2, 0.25) is 17.7 Å². The summed E-state index contributed by atoms with van der Waals surface area (Å²) >= 11 is 0. The summed E-state index contributed by atoms with van der Waals surface area (Å²) in [6.45, 7) is 3.51. The second-order valence-corrected chi connectivity index (χ2v) is 8.83. The number of carbonyl (C=O) groups excluding carboxylic acids is 3. The van der Waals surface area contributed by atoms with E-state index < -0.39 is 5.41 Å². The van der Waals surface area contributed by atoms with Crippen LogP contribution in [0.2, 0.25) is 0 Å². The summed E-state index contributed by atoms with van der Waals surface area (Å²) in [6.07, 6.45) is 4.44. The highest BCUT2D eigenvalue weighted by atomic mass is 16.2. The molecular weight excluding hydrogens is 406 g/mol. The maximum absolute atomic E-state index is 12.6. The summed E-state index contributed by atoms with van der Waals surface area (Å²) in [4.78, 5) is 41.6. The molecule has 2 heterocycles. The zero-order valence-corrected chi connectivity index (χ0v) is 18.2. The zero-order valence-electron chi connectivity index (χ0n) is 18.2. The lowest BCUT2D eigenvalue weighted by Gasteiger charge is -2.32. The van der Waals surface area contributed by atoms with Crippen molar-refractivity contribution in [3.8, 4) is 0 Å². The number of rotatable bonds is 6. The van der Waals surface area contributed by atoms with Gasteiger partial charge in [-0.05, 0) is 74.2 Å². The highest BCUT2D eigenvalue weighted by Gasteiger charge is 2.34. The van der Waals surface area contributed by atoms with E-state index in [-0.39, 0.29) is 30.2 Å². The maximum atomic E-state index is 12.6. The number of nitrogens with zero attached hydrogens (tertiary/aromatic N) is 1. The SMILES string of the molecule is CC1(C(=O)NCC(=O)Nc2ccc3c(c2)C[C@H](C(=O)Nc2ccccn2)C3)CCNCC1. The van der Waals surface area contributed by atoms with E-state index in [9.17, 15) is 14.4 Å².